The Morgan fingerprint density at radius 2 is 1.69 bits per heavy atom. The summed E-state index contributed by atoms with van der Waals surface area (Å²) in [5, 5.41) is 1.54. The molecule has 68 heavy (non-hydrogen) atoms. The number of aryl methyl sites for hydroxylation is 1. The molecule has 366 valence electrons. The summed E-state index contributed by atoms with van der Waals surface area (Å²) in [6, 6.07) is 6.13. The third-order valence-corrected chi connectivity index (χ3v) is 22.1. The van der Waals surface area contributed by atoms with E-state index < -0.39 is 37.0 Å². The van der Waals surface area contributed by atoms with Gasteiger partial charge >= 0.3 is 12.1 Å². The van der Waals surface area contributed by atoms with Gasteiger partial charge in [-0.2, -0.15) is 9.97 Å². The molecule has 11 nitrogen and oxygen atoms in total. The second-order valence-electron chi connectivity index (χ2n) is 22.0. The molecule has 5 atom stereocenters. The van der Waals surface area contributed by atoms with Crippen LogP contribution in [0.1, 0.15) is 125 Å². The van der Waals surface area contributed by atoms with Gasteiger partial charge in [0, 0.05) is 37.6 Å². The van der Waals surface area contributed by atoms with Crippen LogP contribution in [0, 0.1) is 23.1 Å². The molecule has 0 spiro atoms. The van der Waals surface area contributed by atoms with Gasteiger partial charge in [0.2, 0.25) is 0 Å². The van der Waals surface area contributed by atoms with Crippen LogP contribution < -0.4 is 14.4 Å². The Morgan fingerprint density at radius 3 is 2.41 bits per heavy atom. The predicted octanol–water partition coefficient (Wildman–Crippen LogP) is 11.3. The first kappa shape index (κ1) is 48.4. The Morgan fingerprint density at radius 1 is 0.926 bits per heavy atom. The highest BCUT2D eigenvalue weighted by molar-refractivity contribution is 6.90. The number of ether oxygens (including phenoxy) is 4. The van der Waals surface area contributed by atoms with E-state index in [1.807, 2.05) is 25.7 Å². The van der Waals surface area contributed by atoms with E-state index in [0.717, 1.165) is 51.5 Å². The lowest BCUT2D eigenvalue weighted by atomic mass is 9.95. The van der Waals surface area contributed by atoms with Gasteiger partial charge in [-0.25, -0.2) is 22.9 Å². The first-order chi connectivity index (χ1) is 32.4. The van der Waals surface area contributed by atoms with Crippen molar-refractivity contribution in [3.8, 4) is 34.5 Å². The normalized spacial score (nSPS) is 24.0. The zero-order valence-electron chi connectivity index (χ0n) is 41.6. The maximum atomic E-state index is 18.4. The van der Waals surface area contributed by atoms with Crippen LogP contribution in [-0.4, -0.2) is 114 Å². The number of anilines is 1. The second-order valence-corrected chi connectivity index (χ2v) is 27.6. The molecule has 2 aromatic carbocycles. The molecule has 0 saturated carbocycles. The van der Waals surface area contributed by atoms with E-state index in [0.29, 0.717) is 81.5 Å². The van der Waals surface area contributed by atoms with Gasteiger partial charge < -0.3 is 23.8 Å². The average Bonchev–Trinajstić information content (AvgIpc) is 3.93. The number of alkyl halides is 1. The zero-order chi connectivity index (χ0) is 48.4. The number of methoxy groups -OCH3 is 1. The number of hydrogen-bond acceptors (Lipinski definition) is 10. The first-order valence-electron chi connectivity index (χ1n) is 25.0. The van der Waals surface area contributed by atoms with E-state index in [2.05, 4.69) is 62.8 Å². The Balaban J connectivity index is 1.26. The van der Waals surface area contributed by atoms with Crippen molar-refractivity contribution in [2.45, 2.75) is 172 Å². The van der Waals surface area contributed by atoms with Crippen molar-refractivity contribution in [1.29, 1.82) is 0 Å². The number of halogens is 3. The van der Waals surface area contributed by atoms with Crippen molar-refractivity contribution in [3.63, 3.8) is 0 Å². The molecule has 5 aliphatic rings. The number of pyridine rings is 1. The van der Waals surface area contributed by atoms with Crippen LogP contribution in [0.2, 0.25) is 16.6 Å². The molecule has 0 aliphatic carbocycles. The Labute approximate surface area is 400 Å². The number of hydrogen-bond donors (Lipinski definition) is 0. The fourth-order valence-corrected chi connectivity index (χ4v) is 18.1. The Kier molecular flexibility index (Phi) is 13.2. The quantitative estimate of drug-likeness (QED) is 0.0867. The van der Waals surface area contributed by atoms with E-state index in [-0.39, 0.29) is 60.4 Å². The molecule has 7 heterocycles. The molecule has 4 saturated heterocycles. The molecule has 15 heteroatoms. The Bertz CT molecular complexity index is 2630. The minimum absolute atomic E-state index is 0.00468. The minimum Gasteiger partial charge on any atom is -0.468 e. The van der Waals surface area contributed by atoms with Gasteiger partial charge in [0.15, 0.2) is 12.6 Å². The lowest BCUT2D eigenvalue weighted by Gasteiger charge is -2.47. The van der Waals surface area contributed by atoms with Crippen LogP contribution in [0.3, 0.4) is 0 Å². The number of piperazine rings is 1. The van der Waals surface area contributed by atoms with Gasteiger partial charge in [-0.05, 0) is 112 Å². The van der Waals surface area contributed by atoms with E-state index in [1.54, 1.807) is 18.2 Å². The Hall–Kier alpha value is -4.65. The molecule has 5 aliphatic heterocycles. The summed E-state index contributed by atoms with van der Waals surface area (Å²) in [7, 11) is -0.819. The summed E-state index contributed by atoms with van der Waals surface area (Å²) in [6.45, 7) is 20.6. The van der Waals surface area contributed by atoms with E-state index >= 15 is 13.2 Å². The molecule has 2 bridgehead atoms. The van der Waals surface area contributed by atoms with Crippen molar-refractivity contribution >= 4 is 41.7 Å². The third kappa shape index (κ3) is 8.58. The lowest BCUT2D eigenvalue weighted by molar-refractivity contribution is 0.00702. The van der Waals surface area contributed by atoms with Crippen molar-refractivity contribution in [2.24, 2.45) is 0 Å². The molecular weight excluding hydrogens is 886 g/mol. The van der Waals surface area contributed by atoms with E-state index in [1.165, 1.54) is 13.2 Å². The van der Waals surface area contributed by atoms with Gasteiger partial charge in [-0.15, -0.1) is 5.54 Å². The summed E-state index contributed by atoms with van der Waals surface area (Å²) >= 11 is 0. The third-order valence-electron chi connectivity index (χ3n) is 15.8. The summed E-state index contributed by atoms with van der Waals surface area (Å²) in [5.41, 5.74) is 4.62. The zero-order valence-corrected chi connectivity index (χ0v) is 42.6. The SMILES string of the molecule is COCOc1cc(-c2nc3c4c(nc(OC[C@@]56CCCN5C[C@H](F)C6)nc4c2F)N2C[C@H]4CC[C@@H]([C@H]2CCCC3)N4C(=O)OC(C)(C)C)c2c(C#C[Si](C(C)C)(C(C)C)C(C)C)c(F)ccc2c1. The molecule has 9 rings (SSSR count). The summed E-state index contributed by atoms with van der Waals surface area (Å²) in [4.78, 5) is 35.6. The van der Waals surface area contributed by atoms with Crippen LogP contribution in [0.5, 0.6) is 11.8 Å². The highest BCUT2D eigenvalue weighted by Gasteiger charge is 2.52. The number of carbonyl (C=O) groups is 1. The summed E-state index contributed by atoms with van der Waals surface area (Å²) < 4.78 is 73.9. The van der Waals surface area contributed by atoms with Crippen molar-refractivity contribution in [2.75, 3.05) is 45.0 Å². The van der Waals surface area contributed by atoms with Gasteiger partial charge in [0.1, 0.15) is 55.0 Å². The lowest BCUT2D eigenvalue weighted by Crippen LogP contribution is -2.62. The van der Waals surface area contributed by atoms with Crippen molar-refractivity contribution in [1.82, 2.24) is 24.8 Å². The molecule has 2 aromatic heterocycles. The topological polar surface area (TPSA) is 102 Å². The second kappa shape index (κ2) is 18.6. The molecule has 0 N–H and O–H groups in total. The maximum Gasteiger partial charge on any atom is 0.410 e. The largest absolute Gasteiger partial charge is 0.468 e. The first-order valence-corrected chi connectivity index (χ1v) is 27.2. The van der Waals surface area contributed by atoms with Gasteiger partial charge in [0.05, 0.1) is 40.3 Å². The minimum atomic E-state index is -2.35. The average molecular weight is 955 g/mol. The number of rotatable bonds is 10. The van der Waals surface area contributed by atoms with Crippen LogP contribution >= 0.6 is 0 Å². The standard InChI is InChI=1S/C53H69F3N6O5Si/c1-31(2)68(32(3)4,33(5)6)23-20-38-40(55)18-16-34-24-37(66-30-64-10)25-39(44(34)38)47-46(56)48-45-41(57-47)14-11-12-15-42-43-19-17-36(62(43)51(63)67-52(7,8)9)28-61(42)49(45)59-50(58-48)65-29-53-21-13-22-60(53)27-35(54)26-53/h16,18,24-25,31-33,35-36,42-43H,11-15,17,19,21-22,26-30H2,1-10H3/t35-,36-,42-,43+,53+/m1/s1. The van der Waals surface area contributed by atoms with Crippen LogP contribution in [0.25, 0.3) is 32.9 Å². The molecular formula is C53H69F3N6O5Si. The fourth-order valence-electron chi connectivity index (χ4n) is 12.9. The molecule has 0 radical (unpaired) electrons. The number of nitrogens with zero attached hydrogens (tertiary/aromatic N) is 6. The van der Waals surface area contributed by atoms with Crippen LogP contribution in [0.15, 0.2) is 24.3 Å². The van der Waals surface area contributed by atoms with E-state index in [9.17, 15) is 4.79 Å². The van der Waals surface area contributed by atoms with Crippen LogP contribution in [-0.2, 0) is 15.9 Å². The van der Waals surface area contributed by atoms with Gasteiger partial charge in [-0.1, -0.05) is 60.0 Å². The van der Waals surface area contributed by atoms with Crippen LogP contribution in [0.4, 0.5) is 23.8 Å². The van der Waals surface area contributed by atoms with E-state index in [4.69, 9.17) is 33.9 Å². The number of amides is 1. The van der Waals surface area contributed by atoms with Crippen molar-refractivity contribution < 1.29 is 36.9 Å². The molecule has 4 fully saturated rings. The smallest absolute Gasteiger partial charge is 0.410 e. The molecule has 1 amide bonds. The number of fused-ring (bicyclic) bond motifs is 7. The highest BCUT2D eigenvalue weighted by atomic mass is 28.3. The molecule has 4 aromatic rings. The summed E-state index contributed by atoms with van der Waals surface area (Å²) in [6.07, 6.45) is 5.18. The maximum absolute atomic E-state index is 18.4. The summed E-state index contributed by atoms with van der Waals surface area (Å²) in [5.74, 6) is 3.08. The monoisotopic (exact) mass is 955 g/mol. The predicted molar refractivity (Wildman–Crippen MR) is 263 cm³/mol. The van der Waals surface area contributed by atoms with Gasteiger partial charge in [0.25, 0.3) is 0 Å². The number of aromatic nitrogens is 3. The van der Waals surface area contributed by atoms with Crippen molar-refractivity contribution in [3.05, 3.63) is 47.2 Å². The fraction of sp³-hybridized carbons (Fsp3) is 0.623. The molecule has 0 unspecified atom stereocenters. The number of carbonyl (C=O) groups excluding carboxylic acids is 1. The number of benzene rings is 2. The highest BCUT2D eigenvalue weighted by Crippen LogP contribution is 2.47. The van der Waals surface area contributed by atoms with Gasteiger partial charge in [-0.3, -0.25) is 9.80 Å².